The van der Waals surface area contributed by atoms with Gasteiger partial charge in [0.25, 0.3) is 0 Å². The number of imidazole rings is 1. The van der Waals surface area contributed by atoms with Gasteiger partial charge in [0, 0.05) is 12.7 Å². The minimum atomic E-state index is -0.0551. The van der Waals surface area contributed by atoms with Crippen molar-refractivity contribution in [1.82, 2.24) is 9.55 Å². The number of nitrogens with zero attached hydrogens (tertiary/aromatic N) is 2. The Hall–Kier alpha value is -2.82. The Labute approximate surface area is 128 Å². The van der Waals surface area contributed by atoms with E-state index in [1.807, 2.05) is 54.1 Å². The summed E-state index contributed by atoms with van der Waals surface area (Å²) in [5, 5.41) is 2.90. The Bertz CT molecular complexity index is 806. The van der Waals surface area contributed by atoms with E-state index in [4.69, 9.17) is 4.74 Å². The number of amides is 1. The van der Waals surface area contributed by atoms with Crippen molar-refractivity contribution >= 4 is 22.6 Å². The van der Waals surface area contributed by atoms with E-state index in [-0.39, 0.29) is 5.91 Å². The molecule has 0 aliphatic carbocycles. The molecule has 0 unspecified atom stereocenters. The highest BCUT2D eigenvalue weighted by Crippen LogP contribution is 2.18. The highest BCUT2D eigenvalue weighted by atomic mass is 16.5. The lowest BCUT2D eigenvalue weighted by atomic mass is 10.1. The van der Waals surface area contributed by atoms with Gasteiger partial charge < -0.3 is 14.6 Å². The lowest BCUT2D eigenvalue weighted by molar-refractivity contribution is -0.115. The quantitative estimate of drug-likeness (QED) is 0.805. The fourth-order valence-electron chi connectivity index (χ4n) is 2.35. The van der Waals surface area contributed by atoms with Gasteiger partial charge in [0.2, 0.25) is 5.91 Å². The fourth-order valence-corrected chi connectivity index (χ4v) is 2.35. The van der Waals surface area contributed by atoms with E-state index in [9.17, 15) is 4.79 Å². The summed E-state index contributed by atoms with van der Waals surface area (Å²) in [6, 6.07) is 13.2. The molecule has 112 valence electrons. The summed E-state index contributed by atoms with van der Waals surface area (Å²) in [7, 11) is 3.56. The van der Waals surface area contributed by atoms with E-state index >= 15 is 0 Å². The first-order chi connectivity index (χ1) is 10.7. The molecule has 1 aromatic heterocycles. The van der Waals surface area contributed by atoms with Crippen molar-refractivity contribution < 1.29 is 9.53 Å². The molecule has 0 saturated carbocycles. The second-order valence-electron chi connectivity index (χ2n) is 5.13. The van der Waals surface area contributed by atoms with E-state index in [0.717, 1.165) is 28.0 Å². The topological polar surface area (TPSA) is 56.1 Å². The van der Waals surface area contributed by atoms with Crippen molar-refractivity contribution in [3.63, 3.8) is 0 Å². The number of ether oxygens (including phenoxy) is 1. The summed E-state index contributed by atoms with van der Waals surface area (Å²) in [4.78, 5) is 16.4. The van der Waals surface area contributed by atoms with Crippen LogP contribution in [0.2, 0.25) is 0 Å². The third kappa shape index (κ3) is 2.93. The predicted octanol–water partition coefficient (Wildman–Crippen LogP) is 2.76. The van der Waals surface area contributed by atoms with Crippen LogP contribution in [0.15, 0.2) is 48.8 Å². The summed E-state index contributed by atoms with van der Waals surface area (Å²) in [6.45, 7) is 0. The molecule has 1 N–H and O–H groups in total. The molecular formula is C17H17N3O2. The van der Waals surface area contributed by atoms with Crippen LogP contribution in [-0.4, -0.2) is 22.6 Å². The smallest absolute Gasteiger partial charge is 0.228 e. The molecule has 5 nitrogen and oxygen atoms in total. The third-order valence-corrected chi connectivity index (χ3v) is 3.53. The first kappa shape index (κ1) is 14.1. The Morgan fingerprint density at radius 2 is 2.00 bits per heavy atom. The summed E-state index contributed by atoms with van der Waals surface area (Å²) in [5.74, 6) is 0.727. The van der Waals surface area contributed by atoms with Gasteiger partial charge in [-0.25, -0.2) is 4.98 Å². The third-order valence-electron chi connectivity index (χ3n) is 3.53. The van der Waals surface area contributed by atoms with E-state index in [1.165, 1.54) is 0 Å². The molecule has 0 aliphatic heterocycles. The molecule has 2 aromatic carbocycles. The number of carbonyl (C=O) groups is 1. The molecule has 1 amide bonds. The summed E-state index contributed by atoms with van der Waals surface area (Å²) < 4.78 is 7.05. The first-order valence-corrected chi connectivity index (χ1v) is 6.99. The maximum atomic E-state index is 12.1. The lowest BCUT2D eigenvalue weighted by Gasteiger charge is -2.06. The second-order valence-corrected chi connectivity index (χ2v) is 5.13. The summed E-state index contributed by atoms with van der Waals surface area (Å²) >= 11 is 0. The Balaban J connectivity index is 1.69. The number of hydrogen-bond acceptors (Lipinski definition) is 3. The molecule has 1 heterocycles. The molecule has 5 heteroatoms. The van der Waals surface area contributed by atoms with E-state index in [2.05, 4.69) is 10.3 Å². The average Bonchev–Trinajstić information content (AvgIpc) is 2.89. The molecule has 0 atom stereocenters. The van der Waals surface area contributed by atoms with E-state index < -0.39 is 0 Å². The molecule has 0 saturated heterocycles. The normalized spacial score (nSPS) is 10.6. The second kappa shape index (κ2) is 5.89. The highest BCUT2D eigenvalue weighted by molar-refractivity contribution is 5.94. The number of benzene rings is 2. The molecule has 3 aromatic rings. The van der Waals surface area contributed by atoms with Crippen molar-refractivity contribution in [2.45, 2.75) is 6.42 Å². The maximum Gasteiger partial charge on any atom is 0.228 e. The number of aromatic nitrogens is 2. The lowest BCUT2D eigenvalue weighted by Crippen LogP contribution is -2.14. The maximum absolute atomic E-state index is 12.1. The van der Waals surface area contributed by atoms with Gasteiger partial charge in [-0.1, -0.05) is 12.1 Å². The van der Waals surface area contributed by atoms with Crippen LogP contribution in [0.4, 0.5) is 5.69 Å². The number of carbonyl (C=O) groups excluding carboxylic acids is 1. The van der Waals surface area contributed by atoms with Gasteiger partial charge in [-0.15, -0.1) is 0 Å². The van der Waals surface area contributed by atoms with Crippen LogP contribution in [0, 0.1) is 0 Å². The molecule has 22 heavy (non-hydrogen) atoms. The van der Waals surface area contributed by atoms with E-state index in [0.29, 0.717) is 6.42 Å². The number of rotatable bonds is 4. The summed E-state index contributed by atoms with van der Waals surface area (Å²) in [6.07, 6.45) is 2.08. The van der Waals surface area contributed by atoms with Crippen molar-refractivity contribution in [1.29, 1.82) is 0 Å². The predicted molar refractivity (Wildman–Crippen MR) is 86.0 cm³/mol. The molecular weight excluding hydrogens is 278 g/mol. The number of anilines is 1. The molecule has 0 radical (unpaired) electrons. The number of aryl methyl sites for hydroxylation is 1. The van der Waals surface area contributed by atoms with Crippen LogP contribution in [0.25, 0.3) is 11.0 Å². The van der Waals surface area contributed by atoms with Gasteiger partial charge in [0.15, 0.2) is 0 Å². The van der Waals surface area contributed by atoms with Crippen LogP contribution in [-0.2, 0) is 18.3 Å². The molecule has 0 aliphatic rings. The SMILES string of the molecule is COc1ccc(CC(=O)Nc2ccc3c(c2)ncn3C)cc1. The Kier molecular flexibility index (Phi) is 3.78. The Morgan fingerprint density at radius 1 is 1.23 bits per heavy atom. The molecule has 0 bridgehead atoms. The van der Waals surface area contributed by atoms with Gasteiger partial charge in [-0.05, 0) is 35.9 Å². The van der Waals surface area contributed by atoms with Crippen LogP contribution in [0.1, 0.15) is 5.56 Å². The van der Waals surface area contributed by atoms with Crippen molar-refractivity contribution in [3.05, 3.63) is 54.4 Å². The standard InChI is InChI=1S/C17H17N3O2/c1-20-11-18-15-10-13(5-8-16(15)20)19-17(21)9-12-3-6-14(22-2)7-4-12/h3-8,10-11H,9H2,1-2H3,(H,19,21). The number of fused-ring (bicyclic) bond motifs is 1. The minimum absolute atomic E-state index is 0.0551. The highest BCUT2D eigenvalue weighted by Gasteiger charge is 2.06. The number of hydrogen-bond donors (Lipinski definition) is 1. The van der Waals surface area contributed by atoms with Gasteiger partial charge in [0.1, 0.15) is 5.75 Å². The zero-order valence-electron chi connectivity index (χ0n) is 12.5. The minimum Gasteiger partial charge on any atom is -0.497 e. The van der Waals surface area contributed by atoms with Crippen LogP contribution >= 0.6 is 0 Å². The fraction of sp³-hybridized carbons (Fsp3) is 0.176. The van der Waals surface area contributed by atoms with Gasteiger partial charge >= 0.3 is 0 Å². The van der Waals surface area contributed by atoms with Crippen molar-refractivity contribution in [3.8, 4) is 5.75 Å². The summed E-state index contributed by atoms with van der Waals surface area (Å²) in [5.41, 5.74) is 3.60. The Morgan fingerprint density at radius 3 is 2.73 bits per heavy atom. The number of nitrogens with one attached hydrogen (secondary N) is 1. The average molecular weight is 295 g/mol. The van der Waals surface area contributed by atoms with Gasteiger partial charge in [-0.3, -0.25) is 4.79 Å². The monoisotopic (exact) mass is 295 g/mol. The first-order valence-electron chi connectivity index (χ1n) is 6.99. The molecule has 3 rings (SSSR count). The van der Waals surface area contributed by atoms with Crippen molar-refractivity contribution in [2.75, 3.05) is 12.4 Å². The number of methoxy groups -OCH3 is 1. The molecule has 0 fully saturated rings. The van der Waals surface area contributed by atoms with Crippen LogP contribution < -0.4 is 10.1 Å². The van der Waals surface area contributed by atoms with E-state index in [1.54, 1.807) is 13.4 Å². The van der Waals surface area contributed by atoms with Crippen LogP contribution in [0.3, 0.4) is 0 Å². The zero-order chi connectivity index (χ0) is 15.5. The van der Waals surface area contributed by atoms with Gasteiger partial charge in [0.05, 0.1) is 30.9 Å². The van der Waals surface area contributed by atoms with Crippen molar-refractivity contribution in [2.24, 2.45) is 7.05 Å². The largest absolute Gasteiger partial charge is 0.497 e. The zero-order valence-corrected chi connectivity index (χ0v) is 12.5. The molecule has 0 spiro atoms. The van der Waals surface area contributed by atoms with Gasteiger partial charge in [-0.2, -0.15) is 0 Å². The van der Waals surface area contributed by atoms with Crippen LogP contribution in [0.5, 0.6) is 5.75 Å².